The summed E-state index contributed by atoms with van der Waals surface area (Å²) in [5.74, 6) is -7.49. The summed E-state index contributed by atoms with van der Waals surface area (Å²) < 4.78 is 0. The van der Waals surface area contributed by atoms with Crippen molar-refractivity contribution in [3.8, 4) is 0 Å². The van der Waals surface area contributed by atoms with Gasteiger partial charge in [0.15, 0.2) is 0 Å². The molecule has 0 saturated heterocycles. The van der Waals surface area contributed by atoms with Crippen LogP contribution < -0.4 is 37.6 Å². The third-order valence-electron chi connectivity index (χ3n) is 6.72. The Labute approximate surface area is 271 Å². The summed E-state index contributed by atoms with van der Waals surface area (Å²) in [5, 5.41) is 41.3. The summed E-state index contributed by atoms with van der Waals surface area (Å²) in [7, 11) is 0. The van der Waals surface area contributed by atoms with E-state index in [1.54, 1.807) is 13.8 Å². The number of carbonyl (C=O) groups is 8. The summed E-state index contributed by atoms with van der Waals surface area (Å²) in [6.45, 7) is 4.56. The summed E-state index contributed by atoms with van der Waals surface area (Å²) in [4.78, 5) is 98.5. The first-order valence-electron chi connectivity index (χ1n) is 14.6. The number of carboxylic acids is 2. The fourth-order valence-corrected chi connectivity index (χ4v) is 4.16. The van der Waals surface area contributed by atoms with Crippen molar-refractivity contribution >= 4 is 59.1 Å². The Hall–Kier alpha value is -3.97. The van der Waals surface area contributed by atoms with E-state index >= 15 is 0 Å². The Kier molecular flexibility index (Phi) is 19.8. The molecule has 0 aromatic heterocycles. The van der Waals surface area contributed by atoms with Gasteiger partial charge in [0.25, 0.3) is 0 Å². The average Bonchev–Trinajstić information content (AvgIpc) is 2.99. The van der Waals surface area contributed by atoms with Gasteiger partial charge in [-0.2, -0.15) is 11.8 Å². The molecule has 0 radical (unpaired) electrons. The number of amides is 6. The van der Waals surface area contributed by atoms with E-state index in [1.807, 2.05) is 11.6 Å². The van der Waals surface area contributed by atoms with Gasteiger partial charge in [0, 0.05) is 6.42 Å². The standard InChI is InChI=1S/C27H47N7O11S/c1-6-13(2)21(26(43)29-11-19(36)31-18(12-35)27(44)45)34-25(42)16(7-8-20(37)38)33-23(40)15(4)30-24(41)17(9-10-46-5)32-22(39)14(3)28/h13-18,21,35H,6-12,28H2,1-5H3,(H,29,43)(H,30,41)(H,31,36)(H,32,39)(H,33,40)(H,34,42)(H,37,38)(H,44,45). The van der Waals surface area contributed by atoms with Crippen molar-refractivity contribution in [2.45, 2.75) is 89.6 Å². The van der Waals surface area contributed by atoms with Gasteiger partial charge >= 0.3 is 11.9 Å². The smallest absolute Gasteiger partial charge is 0.328 e. The first-order chi connectivity index (χ1) is 21.5. The van der Waals surface area contributed by atoms with Gasteiger partial charge in [-0.25, -0.2) is 4.79 Å². The predicted molar refractivity (Wildman–Crippen MR) is 166 cm³/mol. The number of rotatable bonds is 22. The number of aliphatic hydroxyl groups excluding tert-OH is 1. The lowest BCUT2D eigenvalue weighted by molar-refractivity contribution is -0.143. The normalized spacial score (nSPS) is 15.4. The molecule has 0 aliphatic carbocycles. The number of carboxylic acid groups (broad SMARTS) is 2. The molecule has 0 fully saturated rings. The zero-order chi connectivity index (χ0) is 35.6. The molecule has 0 spiro atoms. The number of nitrogens with one attached hydrogen (secondary N) is 6. The van der Waals surface area contributed by atoms with Gasteiger partial charge in [0.2, 0.25) is 35.4 Å². The van der Waals surface area contributed by atoms with Crippen molar-refractivity contribution in [1.29, 1.82) is 0 Å². The molecule has 0 aliphatic heterocycles. The number of carbonyl (C=O) groups excluding carboxylic acids is 6. The number of aliphatic carboxylic acids is 2. The molecule has 0 aliphatic rings. The third kappa shape index (κ3) is 15.8. The monoisotopic (exact) mass is 677 g/mol. The zero-order valence-corrected chi connectivity index (χ0v) is 27.4. The average molecular weight is 678 g/mol. The molecule has 0 rings (SSSR count). The predicted octanol–water partition coefficient (Wildman–Crippen LogP) is -3.37. The van der Waals surface area contributed by atoms with Crippen molar-refractivity contribution in [3.05, 3.63) is 0 Å². The SMILES string of the molecule is CCC(C)C(NC(=O)C(CCC(=O)O)NC(=O)C(C)NC(=O)C(CCSC)NC(=O)C(C)N)C(=O)NCC(=O)NC(CO)C(=O)O. The molecule has 262 valence electrons. The minimum atomic E-state index is -1.59. The summed E-state index contributed by atoms with van der Waals surface area (Å²) in [5.41, 5.74) is 5.57. The van der Waals surface area contributed by atoms with Gasteiger partial charge in [-0.1, -0.05) is 20.3 Å². The number of nitrogens with two attached hydrogens (primary N) is 1. The van der Waals surface area contributed by atoms with Crippen LogP contribution in [0.25, 0.3) is 0 Å². The van der Waals surface area contributed by atoms with E-state index in [9.17, 15) is 43.5 Å². The van der Waals surface area contributed by atoms with Gasteiger partial charge in [-0.15, -0.1) is 0 Å². The van der Waals surface area contributed by atoms with Crippen LogP contribution in [0.5, 0.6) is 0 Å². The van der Waals surface area contributed by atoms with E-state index < -0.39 is 109 Å². The molecular weight excluding hydrogens is 630 g/mol. The van der Waals surface area contributed by atoms with Crippen molar-refractivity contribution in [1.82, 2.24) is 31.9 Å². The topological polar surface area (TPSA) is 295 Å². The van der Waals surface area contributed by atoms with Crippen LogP contribution in [0.15, 0.2) is 0 Å². The second kappa shape index (κ2) is 21.7. The highest BCUT2D eigenvalue weighted by Gasteiger charge is 2.32. The maximum Gasteiger partial charge on any atom is 0.328 e. The Balaban J connectivity index is 5.68. The lowest BCUT2D eigenvalue weighted by Gasteiger charge is -2.27. The first-order valence-corrected chi connectivity index (χ1v) is 16.0. The molecule has 7 unspecified atom stereocenters. The second-order valence-electron chi connectivity index (χ2n) is 10.6. The second-order valence-corrected chi connectivity index (χ2v) is 11.6. The van der Waals surface area contributed by atoms with Crippen LogP contribution >= 0.6 is 11.8 Å². The van der Waals surface area contributed by atoms with E-state index in [-0.39, 0.29) is 12.8 Å². The van der Waals surface area contributed by atoms with Crippen LogP contribution in [0.4, 0.5) is 0 Å². The van der Waals surface area contributed by atoms with Crippen LogP contribution in [0.3, 0.4) is 0 Å². The number of thioether (sulfide) groups is 1. The number of hydrogen-bond acceptors (Lipinski definition) is 11. The molecule has 0 bridgehead atoms. The van der Waals surface area contributed by atoms with E-state index in [0.717, 1.165) is 0 Å². The van der Waals surface area contributed by atoms with Crippen LogP contribution in [-0.4, -0.2) is 124 Å². The zero-order valence-electron chi connectivity index (χ0n) is 26.6. The maximum atomic E-state index is 13.3. The molecule has 6 amide bonds. The van der Waals surface area contributed by atoms with Gasteiger partial charge in [0.1, 0.15) is 30.2 Å². The van der Waals surface area contributed by atoms with Crippen LogP contribution in [-0.2, 0) is 38.4 Å². The van der Waals surface area contributed by atoms with Gasteiger partial charge in [-0.05, 0) is 44.6 Å². The van der Waals surface area contributed by atoms with E-state index in [1.165, 1.54) is 25.6 Å². The number of hydrogen-bond donors (Lipinski definition) is 10. The molecule has 19 heteroatoms. The first kappa shape index (κ1) is 42.0. The largest absolute Gasteiger partial charge is 0.481 e. The highest BCUT2D eigenvalue weighted by molar-refractivity contribution is 7.98. The molecule has 0 heterocycles. The Morgan fingerprint density at radius 3 is 1.80 bits per heavy atom. The highest BCUT2D eigenvalue weighted by Crippen LogP contribution is 2.10. The van der Waals surface area contributed by atoms with Gasteiger partial charge in [-0.3, -0.25) is 33.6 Å². The van der Waals surface area contributed by atoms with Crippen molar-refractivity contribution < 1.29 is 53.7 Å². The minimum Gasteiger partial charge on any atom is -0.481 e. The molecule has 7 atom stereocenters. The number of aliphatic hydroxyl groups is 1. The molecule has 0 aromatic rings. The van der Waals surface area contributed by atoms with Crippen molar-refractivity contribution in [3.63, 3.8) is 0 Å². The van der Waals surface area contributed by atoms with Gasteiger partial charge < -0.3 is 53.0 Å². The lowest BCUT2D eigenvalue weighted by Crippen LogP contribution is -2.59. The Morgan fingerprint density at radius 2 is 1.30 bits per heavy atom. The highest BCUT2D eigenvalue weighted by atomic mass is 32.2. The maximum absolute atomic E-state index is 13.3. The Bertz CT molecular complexity index is 1090. The fourth-order valence-electron chi connectivity index (χ4n) is 3.68. The van der Waals surface area contributed by atoms with E-state index in [0.29, 0.717) is 12.2 Å². The van der Waals surface area contributed by atoms with Crippen molar-refractivity contribution in [2.24, 2.45) is 11.7 Å². The molecule has 46 heavy (non-hydrogen) atoms. The summed E-state index contributed by atoms with van der Waals surface area (Å²) in [6, 6.07) is -7.38. The van der Waals surface area contributed by atoms with E-state index in [4.69, 9.17) is 15.9 Å². The van der Waals surface area contributed by atoms with Crippen LogP contribution in [0, 0.1) is 5.92 Å². The minimum absolute atomic E-state index is 0.242. The molecule has 11 N–H and O–H groups in total. The summed E-state index contributed by atoms with van der Waals surface area (Å²) >= 11 is 1.43. The van der Waals surface area contributed by atoms with E-state index in [2.05, 4.69) is 26.6 Å². The lowest BCUT2D eigenvalue weighted by atomic mass is 9.97. The molecule has 18 nitrogen and oxygen atoms in total. The van der Waals surface area contributed by atoms with Crippen molar-refractivity contribution in [2.75, 3.05) is 25.2 Å². The van der Waals surface area contributed by atoms with Crippen LogP contribution in [0.2, 0.25) is 0 Å². The molecule has 0 aromatic carbocycles. The summed E-state index contributed by atoms with van der Waals surface area (Å²) in [6.07, 6.45) is 1.52. The van der Waals surface area contributed by atoms with Gasteiger partial charge in [0.05, 0.1) is 19.2 Å². The quantitative estimate of drug-likeness (QED) is 0.0536. The fraction of sp³-hybridized carbons (Fsp3) is 0.704. The third-order valence-corrected chi connectivity index (χ3v) is 7.37. The van der Waals surface area contributed by atoms with Crippen LogP contribution in [0.1, 0.15) is 53.4 Å². The Morgan fingerprint density at radius 1 is 0.739 bits per heavy atom. The molecular formula is C27H47N7O11S. The molecule has 0 saturated carbocycles.